The van der Waals surface area contributed by atoms with Crippen LogP contribution < -0.4 is 15.5 Å². The van der Waals surface area contributed by atoms with Gasteiger partial charge >= 0.3 is 6.03 Å². The van der Waals surface area contributed by atoms with Gasteiger partial charge in [-0.1, -0.05) is 13.0 Å². The predicted molar refractivity (Wildman–Crippen MR) is 92.6 cm³/mol. The Balaban J connectivity index is 1.43. The summed E-state index contributed by atoms with van der Waals surface area (Å²) >= 11 is 0. The molecule has 0 aromatic carbocycles. The van der Waals surface area contributed by atoms with E-state index in [9.17, 15) is 4.79 Å². The van der Waals surface area contributed by atoms with Gasteiger partial charge in [-0.05, 0) is 42.5 Å². The highest BCUT2D eigenvalue weighted by molar-refractivity contribution is 5.73. The lowest BCUT2D eigenvalue weighted by atomic mass is 9.99. The van der Waals surface area contributed by atoms with Gasteiger partial charge in [0.2, 0.25) is 0 Å². The molecule has 0 saturated carbocycles. The van der Waals surface area contributed by atoms with Gasteiger partial charge in [0.1, 0.15) is 11.6 Å². The molecule has 1 aliphatic rings. The van der Waals surface area contributed by atoms with E-state index in [1.807, 2.05) is 24.4 Å². The van der Waals surface area contributed by atoms with Crippen LogP contribution in [0.5, 0.6) is 0 Å². The van der Waals surface area contributed by atoms with Crippen molar-refractivity contribution < 1.29 is 9.21 Å². The minimum atomic E-state index is -0.222. The number of aromatic nitrogens is 1. The molecule has 1 fully saturated rings. The van der Waals surface area contributed by atoms with Crippen molar-refractivity contribution in [2.75, 3.05) is 18.0 Å². The first-order chi connectivity index (χ1) is 11.7. The molecule has 0 radical (unpaired) electrons. The van der Waals surface area contributed by atoms with Gasteiger partial charge in [-0.15, -0.1) is 0 Å². The van der Waals surface area contributed by atoms with Crippen LogP contribution in [0, 0.1) is 5.92 Å². The van der Waals surface area contributed by atoms with Gasteiger partial charge in [0.05, 0.1) is 12.8 Å². The fraction of sp³-hybridized carbons (Fsp3) is 0.444. The summed E-state index contributed by atoms with van der Waals surface area (Å²) in [6.07, 6.45) is 5.87. The Bertz CT molecular complexity index is 632. The van der Waals surface area contributed by atoms with E-state index in [2.05, 4.69) is 27.4 Å². The van der Waals surface area contributed by atoms with E-state index in [0.29, 0.717) is 13.1 Å². The number of hydrogen-bond donors (Lipinski definition) is 2. The molecule has 2 aromatic heterocycles. The first-order valence-corrected chi connectivity index (χ1v) is 8.44. The van der Waals surface area contributed by atoms with Crippen LogP contribution in [0.15, 0.2) is 41.1 Å². The molecule has 0 atom stereocenters. The molecule has 0 aliphatic carbocycles. The highest BCUT2D eigenvalue weighted by Gasteiger charge is 2.16. The standard InChI is InChI=1S/C18H24N4O2/c1-14-6-8-22(9-7-14)17-5-4-15(11-19-17)12-20-18(23)21-13-16-3-2-10-24-16/h2-5,10-11,14H,6-9,12-13H2,1H3,(H2,20,21,23). The Morgan fingerprint density at radius 3 is 2.71 bits per heavy atom. The number of anilines is 1. The topological polar surface area (TPSA) is 70.4 Å². The van der Waals surface area contributed by atoms with Crippen molar-refractivity contribution >= 4 is 11.8 Å². The third kappa shape index (κ3) is 4.50. The zero-order chi connectivity index (χ0) is 16.8. The number of urea groups is 1. The van der Waals surface area contributed by atoms with Gasteiger partial charge in [0, 0.05) is 25.8 Å². The van der Waals surface area contributed by atoms with E-state index in [1.54, 1.807) is 12.3 Å². The van der Waals surface area contributed by atoms with E-state index in [0.717, 1.165) is 36.1 Å². The maximum Gasteiger partial charge on any atom is 0.315 e. The molecular weight excluding hydrogens is 304 g/mol. The minimum absolute atomic E-state index is 0.222. The average molecular weight is 328 g/mol. The summed E-state index contributed by atoms with van der Waals surface area (Å²) in [5, 5.41) is 5.57. The summed E-state index contributed by atoms with van der Waals surface area (Å²) in [5.74, 6) is 2.56. The molecule has 0 unspecified atom stereocenters. The number of nitrogens with zero attached hydrogens (tertiary/aromatic N) is 2. The Hall–Kier alpha value is -2.50. The summed E-state index contributed by atoms with van der Waals surface area (Å²) in [6, 6.07) is 7.46. The normalized spacial score (nSPS) is 15.3. The second kappa shape index (κ2) is 7.86. The van der Waals surface area contributed by atoms with E-state index in [1.165, 1.54) is 12.8 Å². The van der Waals surface area contributed by atoms with E-state index in [-0.39, 0.29) is 6.03 Å². The van der Waals surface area contributed by atoms with Crippen molar-refractivity contribution in [2.24, 2.45) is 5.92 Å². The molecule has 0 spiro atoms. The molecular formula is C18H24N4O2. The van der Waals surface area contributed by atoms with Gasteiger partial charge in [-0.25, -0.2) is 9.78 Å². The van der Waals surface area contributed by atoms with Crippen LogP contribution in [-0.2, 0) is 13.1 Å². The Morgan fingerprint density at radius 2 is 2.04 bits per heavy atom. The Labute approximate surface area is 142 Å². The molecule has 3 heterocycles. The molecule has 1 aliphatic heterocycles. The highest BCUT2D eigenvalue weighted by atomic mass is 16.3. The zero-order valence-electron chi connectivity index (χ0n) is 14.0. The second-order valence-electron chi connectivity index (χ2n) is 6.31. The number of piperidine rings is 1. The van der Waals surface area contributed by atoms with Crippen molar-refractivity contribution in [3.8, 4) is 0 Å². The highest BCUT2D eigenvalue weighted by Crippen LogP contribution is 2.21. The quantitative estimate of drug-likeness (QED) is 0.885. The van der Waals surface area contributed by atoms with Crippen molar-refractivity contribution in [3.63, 3.8) is 0 Å². The second-order valence-corrected chi connectivity index (χ2v) is 6.31. The van der Waals surface area contributed by atoms with Crippen molar-refractivity contribution in [3.05, 3.63) is 48.0 Å². The molecule has 2 amide bonds. The summed E-state index contributed by atoms with van der Waals surface area (Å²) in [7, 11) is 0. The molecule has 128 valence electrons. The van der Waals surface area contributed by atoms with Gasteiger partial charge in [0.15, 0.2) is 0 Å². The smallest absolute Gasteiger partial charge is 0.315 e. The summed E-state index contributed by atoms with van der Waals surface area (Å²) in [4.78, 5) is 18.6. The van der Waals surface area contributed by atoms with E-state index >= 15 is 0 Å². The molecule has 2 N–H and O–H groups in total. The maximum absolute atomic E-state index is 11.8. The summed E-state index contributed by atoms with van der Waals surface area (Å²) in [5.41, 5.74) is 0.984. The number of pyridine rings is 1. The molecule has 3 rings (SSSR count). The number of amides is 2. The average Bonchev–Trinajstić information content (AvgIpc) is 3.13. The summed E-state index contributed by atoms with van der Waals surface area (Å²) < 4.78 is 5.17. The monoisotopic (exact) mass is 328 g/mol. The molecule has 1 saturated heterocycles. The lowest BCUT2D eigenvalue weighted by molar-refractivity contribution is 0.239. The van der Waals surface area contributed by atoms with Gasteiger partial charge in [-0.2, -0.15) is 0 Å². The number of hydrogen-bond acceptors (Lipinski definition) is 4. The number of carbonyl (C=O) groups is 1. The van der Waals surface area contributed by atoms with Crippen LogP contribution >= 0.6 is 0 Å². The van der Waals surface area contributed by atoms with Crippen LogP contribution in [0.2, 0.25) is 0 Å². The van der Waals surface area contributed by atoms with E-state index < -0.39 is 0 Å². The maximum atomic E-state index is 11.8. The number of furan rings is 1. The number of nitrogens with one attached hydrogen (secondary N) is 2. The van der Waals surface area contributed by atoms with Crippen LogP contribution in [0.3, 0.4) is 0 Å². The largest absolute Gasteiger partial charge is 0.467 e. The summed E-state index contributed by atoms with van der Waals surface area (Å²) in [6.45, 7) is 5.27. The third-order valence-corrected chi connectivity index (χ3v) is 4.37. The third-order valence-electron chi connectivity index (χ3n) is 4.37. The zero-order valence-corrected chi connectivity index (χ0v) is 14.0. The van der Waals surface area contributed by atoms with Crippen LogP contribution in [0.1, 0.15) is 31.1 Å². The number of rotatable bonds is 5. The van der Waals surface area contributed by atoms with Gasteiger partial charge in [-0.3, -0.25) is 0 Å². The number of carbonyl (C=O) groups excluding carboxylic acids is 1. The predicted octanol–water partition coefficient (Wildman–Crippen LogP) is 2.91. The van der Waals surface area contributed by atoms with Crippen LogP contribution in [-0.4, -0.2) is 24.1 Å². The molecule has 6 heteroatoms. The first kappa shape index (κ1) is 16.4. The first-order valence-electron chi connectivity index (χ1n) is 8.44. The molecule has 2 aromatic rings. The molecule has 24 heavy (non-hydrogen) atoms. The minimum Gasteiger partial charge on any atom is -0.467 e. The fourth-order valence-electron chi connectivity index (χ4n) is 2.77. The van der Waals surface area contributed by atoms with Crippen molar-refractivity contribution in [1.82, 2.24) is 15.6 Å². The van der Waals surface area contributed by atoms with Crippen molar-refractivity contribution in [2.45, 2.75) is 32.9 Å². The molecule has 6 nitrogen and oxygen atoms in total. The Morgan fingerprint density at radius 1 is 1.25 bits per heavy atom. The van der Waals surface area contributed by atoms with Gasteiger partial charge in [0.25, 0.3) is 0 Å². The van der Waals surface area contributed by atoms with Crippen LogP contribution in [0.25, 0.3) is 0 Å². The fourth-order valence-corrected chi connectivity index (χ4v) is 2.77. The SMILES string of the molecule is CC1CCN(c2ccc(CNC(=O)NCc3ccco3)cn2)CC1. The van der Waals surface area contributed by atoms with Crippen molar-refractivity contribution in [1.29, 1.82) is 0 Å². The lowest BCUT2D eigenvalue weighted by Crippen LogP contribution is -2.34. The van der Waals surface area contributed by atoms with E-state index in [4.69, 9.17) is 4.42 Å². The lowest BCUT2D eigenvalue weighted by Gasteiger charge is -2.31. The van der Waals surface area contributed by atoms with Gasteiger partial charge < -0.3 is 20.0 Å². The Kier molecular flexibility index (Phi) is 5.36. The molecule has 0 bridgehead atoms. The van der Waals surface area contributed by atoms with Crippen LogP contribution in [0.4, 0.5) is 10.6 Å².